The molecule has 0 atom stereocenters. The number of likely N-dealkylation sites (tertiary alicyclic amines) is 1. The number of pyridine rings is 1. The monoisotopic (exact) mass is 298 g/mol. The van der Waals surface area contributed by atoms with Crippen LogP contribution in [0.25, 0.3) is 0 Å². The number of carbonyl (C=O) groups is 1. The van der Waals surface area contributed by atoms with Crippen molar-refractivity contribution in [2.75, 3.05) is 19.6 Å². The first-order valence-electron chi connectivity index (χ1n) is 7.86. The van der Waals surface area contributed by atoms with Gasteiger partial charge in [-0.25, -0.2) is 4.79 Å². The van der Waals surface area contributed by atoms with Crippen molar-refractivity contribution in [3.05, 3.63) is 54.6 Å². The summed E-state index contributed by atoms with van der Waals surface area (Å²) in [6.07, 6.45) is 9.74. The van der Waals surface area contributed by atoms with E-state index in [1.54, 1.807) is 0 Å². The number of aromatic nitrogens is 2. The lowest BCUT2D eigenvalue weighted by Crippen LogP contribution is -2.44. The van der Waals surface area contributed by atoms with Gasteiger partial charge in [-0.3, -0.25) is 4.98 Å². The summed E-state index contributed by atoms with van der Waals surface area (Å²) in [6.45, 7) is 3.12. The summed E-state index contributed by atoms with van der Waals surface area (Å²) in [6, 6.07) is 8.20. The zero-order valence-corrected chi connectivity index (χ0v) is 12.7. The summed E-state index contributed by atoms with van der Waals surface area (Å²) in [5.41, 5.74) is 1.34. The third-order valence-electron chi connectivity index (χ3n) is 4.27. The number of urea groups is 1. The molecule has 0 bridgehead atoms. The molecule has 0 spiro atoms. The molecule has 3 heterocycles. The number of piperidine rings is 1. The van der Waals surface area contributed by atoms with Crippen LogP contribution in [0.5, 0.6) is 0 Å². The topological polar surface area (TPSA) is 50.2 Å². The molecule has 0 unspecified atom stereocenters. The molecule has 0 aliphatic carbocycles. The molecule has 0 radical (unpaired) electrons. The van der Waals surface area contributed by atoms with Gasteiger partial charge in [0.1, 0.15) is 0 Å². The minimum absolute atomic E-state index is 0.0559. The summed E-state index contributed by atoms with van der Waals surface area (Å²) in [7, 11) is 0. The molecule has 22 heavy (non-hydrogen) atoms. The quantitative estimate of drug-likeness (QED) is 0.942. The Morgan fingerprint density at radius 1 is 1.18 bits per heavy atom. The van der Waals surface area contributed by atoms with Crippen LogP contribution in [0.4, 0.5) is 4.79 Å². The van der Waals surface area contributed by atoms with Crippen LogP contribution in [0, 0.1) is 0 Å². The highest BCUT2D eigenvalue weighted by Gasteiger charge is 2.23. The Hall–Kier alpha value is -2.30. The van der Waals surface area contributed by atoms with Gasteiger partial charge in [0, 0.05) is 51.0 Å². The lowest BCUT2D eigenvalue weighted by Gasteiger charge is -2.32. The van der Waals surface area contributed by atoms with E-state index in [0.717, 1.165) is 32.5 Å². The molecule has 0 saturated carbocycles. The van der Waals surface area contributed by atoms with Crippen molar-refractivity contribution < 1.29 is 4.79 Å². The zero-order valence-electron chi connectivity index (χ0n) is 12.7. The molecular formula is C17H22N4O. The predicted octanol–water partition coefficient (Wildman–Crippen LogP) is 2.47. The maximum atomic E-state index is 12.2. The Labute approximate surface area is 131 Å². The van der Waals surface area contributed by atoms with Crippen molar-refractivity contribution in [1.82, 2.24) is 19.8 Å². The molecule has 1 N–H and O–H groups in total. The normalized spacial score (nSPS) is 15.7. The van der Waals surface area contributed by atoms with E-state index < -0.39 is 0 Å². The van der Waals surface area contributed by atoms with Crippen LogP contribution in [0.3, 0.4) is 0 Å². The van der Waals surface area contributed by atoms with Gasteiger partial charge >= 0.3 is 6.03 Å². The maximum absolute atomic E-state index is 12.2. The van der Waals surface area contributed by atoms with Gasteiger partial charge in [-0.2, -0.15) is 0 Å². The van der Waals surface area contributed by atoms with Crippen molar-refractivity contribution in [2.24, 2.45) is 0 Å². The van der Waals surface area contributed by atoms with Gasteiger partial charge in [0.2, 0.25) is 0 Å². The summed E-state index contributed by atoms with van der Waals surface area (Å²) in [4.78, 5) is 18.2. The lowest BCUT2D eigenvalue weighted by atomic mass is 9.90. The SMILES string of the molecule is O=C(NCCn1cccc1)N1CCC(c2ccncc2)CC1. The Bertz CT molecular complexity index is 574. The number of carbonyl (C=O) groups excluding carboxylic acids is 1. The smallest absolute Gasteiger partial charge is 0.317 e. The van der Waals surface area contributed by atoms with E-state index in [1.807, 2.05) is 41.8 Å². The van der Waals surface area contributed by atoms with Crippen molar-refractivity contribution in [3.63, 3.8) is 0 Å². The van der Waals surface area contributed by atoms with Gasteiger partial charge < -0.3 is 14.8 Å². The Balaban J connectivity index is 1.42. The number of hydrogen-bond acceptors (Lipinski definition) is 2. The molecule has 2 aromatic rings. The van der Waals surface area contributed by atoms with Crippen LogP contribution >= 0.6 is 0 Å². The molecule has 5 heteroatoms. The van der Waals surface area contributed by atoms with Gasteiger partial charge in [0.25, 0.3) is 0 Å². The molecule has 1 saturated heterocycles. The van der Waals surface area contributed by atoms with Crippen molar-refractivity contribution in [1.29, 1.82) is 0 Å². The number of rotatable bonds is 4. The number of nitrogens with zero attached hydrogens (tertiary/aromatic N) is 3. The van der Waals surface area contributed by atoms with Gasteiger partial charge in [-0.05, 0) is 48.6 Å². The fourth-order valence-corrected chi connectivity index (χ4v) is 2.97. The van der Waals surface area contributed by atoms with Crippen LogP contribution in [-0.4, -0.2) is 40.1 Å². The van der Waals surface area contributed by atoms with Gasteiger partial charge in [0.05, 0.1) is 0 Å². The zero-order chi connectivity index (χ0) is 15.2. The van der Waals surface area contributed by atoms with Gasteiger partial charge in [-0.15, -0.1) is 0 Å². The fourth-order valence-electron chi connectivity index (χ4n) is 2.97. The Kier molecular flexibility index (Phi) is 4.73. The van der Waals surface area contributed by atoms with Gasteiger partial charge in [0.15, 0.2) is 0 Å². The molecule has 1 aliphatic heterocycles. The number of amides is 2. The second-order valence-corrected chi connectivity index (χ2v) is 5.69. The average Bonchev–Trinajstić information content (AvgIpc) is 3.09. The number of nitrogens with one attached hydrogen (secondary N) is 1. The summed E-state index contributed by atoms with van der Waals surface area (Å²) in [5, 5.41) is 3.00. The second kappa shape index (κ2) is 7.11. The largest absolute Gasteiger partial charge is 0.353 e. The molecular weight excluding hydrogens is 276 g/mol. The van der Waals surface area contributed by atoms with Crippen LogP contribution in [0.15, 0.2) is 49.1 Å². The first-order valence-corrected chi connectivity index (χ1v) is 7.86. The fraction of sp³-hybridized carbons (Fsp3) is 0.412. The molecule has 3 rings (SSSR count). The molecule has 5 nitrogen and oxygen atoms in total. The average molecular weight is 298 g/mol. The molecule has 0 aromatic carbocycles. The first-order chi connectivity index (χ1) is 10.8. The van der Waals surface area contributed by atoms with E-state index >= 15 is 0 Å². The summed E-state index contributed by atoms with van der Waals surface area (Å²) < 4.78 is 2.07. The molecule has 1 aliphatic rings. The first kappa shape index (κ1) is 14.6. The molecule has 2 amide bonds. The van der Waals surface area contributed by atoms with E-state index in [1.165, 1.54) is 5.56 Å². The van der Waals surface area contributed by atoms with E-state index in [0.29, 0.717) is 12.5 Å². The molecule has 116 valence electrons. The predicted molar refractivity (Wildman–Crippen MR) is 85.6 cm³/mol. The van der Waals surface area contributed by atoms with Crippen LogP contribution in [-0.2, 0) is 6.54 Å². The third kappa shape index (κ3) is 3.67. The van der Waals surface area contributed by atoms with Crippen LogP contribution < -0.4 is 5.32 Å². The minimum atomic E-state index is 0.0559. The summed E-state index contributed by atoms with van der Waals surface area (Å²) >= 11 is 0. The highest BCUT2D eigenvalue weighted by molar-refractivity contribution is 5.74. The lowest BCUT2D eigenvalue weighted by molar-refractivity contribution is 0.181. The van der Waals surface area contributed by atoms with Crippen molar-refractivity contribution >= 4 is 6.03 Å². The van der Waals surface area contributed by atoms with Crippen LogP contribution in [0.2, 0.25) is 0 Å². The van der Waals surface area contributed by atoms with E-state index in [-0.39, 0.29) is 6.03 Å². The summed E-state index contributed by atoms with van der Waals surface area (Å²) in [5.74, 6) is 0.548. The maximum Gasteiger partial charge on any atom is 0.317 e. The standard InChI is InChI=1S/C17H22N4O/c22-17(19-9-14-20-10-1-2-11-20)21-12-5-16(6-13-21)15-3-7-18-8-4-15/h1-4,7-8,10-11,16H,5-6,9,12-14H2,(H,19,22). The van der Waals surface area contributed by atoms with Crippen LogP contribution in [0.1, 0.15) is 24.3 Å². The minimum Gasteiger partial charge on any atom is -0.353 e. The third-order valence-corrected chi connectivity index (χ3v) is 4.27. The Morgan fingerprint density at radius 2 is 1.86 bits per heavy atom. The second-order valence-electron chi connectivity index (χ2n) is 5.69. The van der Waals surface area contributed by atoms with E-state index in [2.05, 4.69) is 27.0 Å². The van der Waals surface area contributed by atoms with E-state index in [9.17, 15) is 4.79 Å². The molecule has 2 aromatic heterocycles. The number of hydrogen-bond donors (Lipinski definition) is 1. The molecule has 1 fully saturated rings. The van der Waals surface area contributed by atoms with Gasteiger partial charge in [-0.1, -0.05) is 0 Å². The Morgan fingerprint density at radius 3 is 2.55 bits per heavy atom. The van der Waals surface area contributed by atoms with Crippen molar-refractivity contribution in [3.8, 4) is 0 Å². The highest BCUT2D eigenvalue weighted by atomic mass is 16.2. The highest BCUT2D eigenvalue weighted by Crippen LogP contribution is 2.27. The van der Waals surface area contributed by atoms with Crippen molar-refractivity contribution in [2.45, 2.75) is 25.3 Å². The van der Waals surface area contributed by atoms with E-state index in [4.69, 9.17) is 0 Å².